The first kappa shape index (κ1) is 13.4. The molecule has 0 heterocycles. The first-order chi connectivity index (χ1) is 8.74. The molecule has 1 N–H and O–H groups in total. The van der Waals surface area contributed by atoms with Gasteiger partial charge in [-0.15, -0.1) is 0 Å². The molecule has 0 aliphatic heterocycles. The number of methoxy groups -OCH3 is 1. The van der Waals surface area contributed by atoms with Crippen molar-refractivity contribution < 1.29 is 4.74 Å². The molecule has 1 fully saturated rings. The largest absolute Gasteiger partial charge is 0.496 e. The summed E-state index contributed by atoms with van der Waals surface area (Å²) in [6.45, 7) is 5.42. The van der Waals surface area contributed by atoms with Gasteiger partial charge in [0, 0.05) is 6.04 Å². The molecule has 100 valence electrons. The minimum absolute atomic E-state index is 0.695. The van der Waals surface area contributed by atoms with Crippen molar-refractivity contribution in [1.29, 1.82) is 0 Å². The van der Waals surface area contributed by atoms with Gasteiger partial charge < -0.3 is 10.1 Å². The van der Waals surface area contributed by atoms with Gasteiger partial charge in [0.25, 0.3) is 0 Å². The van der Waals surface area contributed by atoms with Gasteiger partial charge in [0.1, 0.15) is 5.75 Å². The van der Waals surface area contributed by atoms with E-state index in [-0.39, 0.29) is 0 Å². The molecule has 0 saturated heterocycles. The van der Waals surface area contributed by atoms with E-state index in [1.807, 2.05) is 0 Å². The molecular formula is C16H25NO. The summed E-state index contributed by atoms with van der Waals surface area (Å²) in [7, 11) is 1.76. The minimum atomic E-state index is 0.695. The lowest BCUT2D eigenvalue weighted by Gasteiger charge is -2.18. The molecule has 1 aliphatic carbocycles. The van der Waals surface area contributed by atoms with E-state index < -0.39 is 0 Å². The second-order valence-electron chi connectivity index (χ2n) is 5.36. The predicted molar refractivity (Wildman–Crippen MR) is 76.2 cm³/mol. The Morgan fingerprint density at radius 3 is 2.78 bits per heavy atom. The molecule has 1 atom stereocenters. The number of nitrogens with one attached hydrogen (secondary N) is 1. The Morgan fingerprint density at radius 1 is 1.39 bits per heavy atom. The number of ether oxygens (including phenoxy) is 1. The molecule has 1 unspecified atom stereocenters. The summed E-state index contributed by atoms with van der Waals surface area (Å²) in [5.41, 5.74) is 2.67. The average molecular weight is 247 g/mol. The van der Waals surface area contributed by atoms with Gasteiger partial charge >= 0.3 is 0 Å². The zero-order valence-electron chi connectivity index (χ0n) is 11.8. The Kier molecular flexibility index (Phi) is 4.65. The van der Waals surface area contributed by atoms with Gasteiger partial charge in [-0.3, -0.25) is 0 Å². The summed E-state index contributed by atoms with van der Waals surface area (Å²) in [5.74, 6) is 1.95. The lowest BCUT2D eigenvalue weighted by molar-refractivity contribution is 0.402. The highest BCUT2D eigenvalue weighted by Gasteiger charge is 2.30. The van der Waals surface area contributed by atoms with E-state index in [1.165, 1.54) is 30.4 Å². The first-order valence-corrected chi connectivity index (χ1v) is 7.11. The number of hydrogen-bond donors (Lipinski definition) is 1. The van der Waals surface area contributed by atoms with Crippen molar-refractivity contribution in [2.75, 3.05) is 13.7 Å². The van der Waals surface area contributed by atoms with Gasteiger partial charge in [0.2, 0.25) is 0 Å². The van der Waals surface area contributed by atoms with Crippen LogP contribution >= 0.6 is 0 Å². The molecule has 1 saturated carbocycles. The van der Waals surface area contributed by atoms with E-state index in [0.717, 1.165) is 24.6 Å². The van der Waals surface area contributed by atoms with Crippen LogP contribution in [0.3, 0.4) is 0 Å². The molecule has 1 aromatic rings. The van der Waals surface area contributed by atoms with Crippen LogP contribution in [0.15, 0.2) is 18.2 Å². The highest BCUT2D eigenvalue weighted by molar-refractivity contribution is 5.37. The van der Waals surface area contributed by atoms with E-state index in [2.05, 4.69) is 37.4 Å². The molecule has 1 aliphatic rings. The summed E-state index contributed by atoms with van der Waals surface area (Å²) in [6.07, 6.45) is 5.14. The molecule has 0 radical (unpaired) electrons. The van der Waals surface area contributed by atoms with Gasteiger partial charge in [-0.2, -0.15) is 0 Å². The lowest BCUT2D eigenvalue weighted by atomic mass is 10.00. The van der Waals surface area contributed by atoms with Crippen LogP contribution in [0.5, 0.6) is 5.75 Å². The van der Waals surface area contributed by atoms with Gasteiger partial charge in [-0.1, -0.05) is 24.6 Å². The Morgan fingerprint density at radius 2 is 2.17 bits per heavy atom. The minimum Gasteiger partial charge on any atom is -0.496 e. The van der Waals surface area contributed by atoms with Gasteiger partial charge in [0.05, 0.1) is 7.11 Å². The first-order valence-electron chi connectivity index (χ1n) is 7.11. The van der Waals surface area contributed by atoms with Crippen molar-refractivity contribution in [2.24, 2.45) is 5.92 Å². The van der Waals surface area contributed by atoms with Crippen molar-refractivity contribution in [3.05, 3.63) is 29.3 Å². The second-order valence-corrected chi connectivity index (χ2v) is 5.36. The van der Waals surface area contributed by atoms with E-state index in [1.54, 1.807) is 7.11 Å². The Balaban J connectivity index is 1.97. The summed E-state index contributed by atoms with van der Waals surface area (Å²) in [6, 6.07) is 7.16. The fourth-order valence-electron chi connectivity index (χ4n) is 2.68. The molecule has 0 bridgehead atoms. The van der Waals surface area contributed by atoms with Crippen LogP contribution < -0.4 is 10.1 Å². The van der Waals surface area contributed by atoms with Crippen molar-refractivity contribution in [3.8, 4) is 5.75 Å². The smallest absolute Gasteiger partial charge is 0.122 e. The Bertz CT molecular complexity index is 385. The van der Waals surface area contributed by atoms with Crippen LogP contribution in [0.25, 0.3) is 0 Å². The van der Waals surface area contributed by atoms with Crippen LogP contribution in [0.4, 0.5) is 0 Å². The topological polar surface area (TPSA) is 21.3 Å². The standard InChI is InChI=1S/C16H25NO/c1-4-17-15(13-6-7-13)9-8-14-11-12(2)5-10-16(14)18-3/h5,10-11,13,15,17H,4,6-9H2,1-3H3. The maximum Gasteiger partial charge on any atom is 0.122 e. The third-order valence-corrected chi connectivity index (χ3v) is 3.82. The van der Waals surface area contributed by atoms with Crippen molar-refractivity contribution in [2.45, 2.75) is 45.6 Å². The van der Waals surface area contributed by atoms with Crippen molar-refractivity contribution in [3.63, 3.8) is 0 Å². The molecule has 2 rings (SSSR count). The number of rotatable bonds is 7. The van der Waals surface area contributed by atoms with E-state index in [0.29, 0.717) is 6.04 Å². The van der Waals surface area contributed by atoms with Crippen LogP contribution in [0, 0.1) is 12.8 Å². The van der Waals surface area contributed by atoms with Crippen LogP contribution in [0.2, 0.25) is 0 Å². The molecular weight excluding hydrogens is 222 g/mol. The number of aryl methyl sites for hydroxylation is 2. The number of benzene rings is 1. The zero-order chi connectivity index (χ0) is 13.0. The highest BCUT2D eigenvalue weighted by atomic mass is 16.5. The van der Waals surface area contributed by atoms with Crippen LogP contribution in [0.1, 0.15) is 37.3 Å². The van der Waals surface area contributed by atoms with Crippen molar-refractivity contribution >= 4 is 0 Å². The SMILES string of the molecule is CCNC(CCc1cc(C)ccc1OC)C1CC1. The van der Waals surface area contributed by atoms with Crippen LogP contribution in [-0.2, 0) is 6.42 Å². The molecule has 0 amide bonds. The second kappa shape index (κ2) is 6.24. The summed E-state index contributed by atoms with van der Waals surface area (Å²) in [5, 5.41) is 3.63. The molecule has 18 heavy (non-hydrogen) atoms. The van der Waals surface area contributed by atoms with E-state index in [4.69, 9.17) is 4.74 Å². The average Bonchev–Trinajstić information content (AvgIpc) is 3.19. The Labute approximate surface area is 111 Å². The predicted octanol–water partition coefficient (Wildman–Crippen LogP) is 3.32. The fraction of sp³-hybridized carbons (Fsp3) is 0.625. The van der Waals surface area contributed by atoms with Gasteiger partial charge in [0.15, 0.2) is 0 Å². The van der Waals surface area contributed by atoms with Crippen molar-refractivity contribution in [1.82, 2.24) is 5.32 Å². The molecule has 2 heteroatoms. The van der Waals surface area contributed by atoms with E-state index >= 15 is 0 Å². The monoisotopic (exact) mass is 247 g/mol. The maximum absolute atomic E-state index is 5.45. The molecule has 0 spiro atoms. The number of hydrogen-bond acceptors (Lipinski definition) is 2. The third kappa shape index (κ3) is 3.49. The van der Waals surface area contributed by atoms with E-state index in [9.17, 15) is 0 Å². The van der Waals surface area contributed by atoms with Gasteiger partial charge in [-0.05, 0) is 56.7 Å². The lowest BCUT2D eigenvalue weighted by Crippen LogP contribution is -2.31. The summed E-state index contributed by atoms with van der Waals surface area (Å²) >= 11 is 0. The molecule has 1 aromatic carbocycles. The van der Waals surface area contributed by atoms with Crippen LogP contribution in [-0.4, -0.2) is 19.7 Å². The fourth-order valence-corrected chi connectivity index (χ4v) is 2.68. The quantitative estimate of drug-likeness (QED) is 0.798. The van der Waals surface area contributed by atoms with Gasteiger partial charge in [-0.25, -0.2) is 0 Å². The summed E-state index contributed by atoms with van der Waals surface area (Å²) in [4.78, 5) is 0. The third-order valence-electron chi connectivity index (χ3n) is 3.82. The molecule has 0 aromatic heterocycles. The zero-order valence-corrected chi connectivity index (χ0v) is 11.8. The normalized spacial score (nSPS) is 16.6. The Hall–Kier alpha value is -1.02. The highest BCUT2D eigenvalue weighted by Crippen LogP contribution is 2.35. The summed E-state index contributed by atoms with van der Waals surface area (Å²) < 4.78 is 5.45. The maximum atomic E-state index is 5.45. The molecule has 2 nitrogen and oxygen atoms in total.